The first kappa shape index (κ1) is 16.9. The first-order valence-corrected chi connectivity index (χ1v) is 6.80. The minimum Gasteiger partial charge on any atom is -0.376 e. The molecule has 0 aromatic rings. The summed E-state index contributed by atoms with van der Waals surface area (Å²) in [7, 11) is 0. The fourth-order valence-electron chi connectivity index (χ4n) is 1.47. The van der Waals surface area contributed by atoms with E-state index in [1.165, 1.54) is 0 Å². The lowest BCUT2D eigenvalue weighted by atomic mass is 9.74. The molecule has 2 nitrogen and oxygen atoms in total. The average Bonchev–Trinajstić information content (AvgIpc) is 2.12. The van der Waals surface area contributed by atoms with Gasteiger partial charge in [-0.3, -0.25) is 0 Å². The molecule has 0 aliphatic carbocycles. The van der Waals surface area contributed by atoms with Gasteiger partial charge < -0.3 is 9.47 Å². The Bertz CT molecular complexity index is 211. The summed E-state index contributed by atoms with van der Waals surface area (Å²) in [5, 5.41) is 0. The van der Waals surface area contributed by atoms with E-state index in [0.29, 0.717) is 0 Å². The zero-order valence-electron chi connectivity index (χ0n) is 13.1. The largest absolute Gasteiger partial charge is 0.376 e. The van der Waals surface area contributed by atoms with E-state index in [-0.39, 0.29) is 16.6 Å². The van der Waals surface area contributed by atoms with E-state index in [4.69, 9.17) is 9.47 Å². The van der Waals surface area contributed by atoms with Crippen LogP contribution in [0.3, 0.4) is 0 Å². The molecular formula is C15H32O2. The Labute approximate surface area is 108 Å². The quantitative estimate of drug-likeness (QED) is 0.660. The van der Waals surface area contributed by atoms with Crippen molar-refractivity contribution in [2.45, 2.75) is 79.4 Å². The molecule has 0 radical (unpaired) electrons. The number of rotatable bonds is 7. The molecular weight excluding hydrogens is 212 g/mol. The van der Waals surface area contributed by atoms with Crippen molar-refractivity contribution in [1.82, 2.24) is 0 Å². The maximum absolute atomic E-state index is 5.97. The van der Waals surface area contributed by atoms with Gasteiger partial charge in [0.1, 0.15) is 0 Å². The minimum absolute atomic E-state index is 0.0511. The predicted molar refractivity (Wildman–Crippen MR) is 74.4 cm³/mol. The van der Waals surface area contributed by atoms with Crippen LogP contribution in [0.1, 0.15) is 68.2 Å². The van der Waals surface area contributed by atoms with Crippen LogP contribution in [-0.4, -0.2) is 24.4 Å². The van der Waals surface area contributed by atoms with E-state index in [1.807, 2.05) is 0 Å². The van der Waals surface area contributed by atoms with E-state index >= 15 is 0 Å². The highest BCUT2D eigenvalue weighted by molar-refractivity contribution is 4.87. The van der Waals surface area contributed by atoms with Crippen LogP contribution >= 0.6 is 0 Å². The van der Waals surface area contributed by atoms with Crippen LogP contribution in [0.5, 0.6) is 0 Å². The smallest absolute Gasteiger partial charge is 0.0678 e. The zero-order chi connectivity index (χ0) is 13.7. The lowest BCUT2D eigenvalue weighted by Gasteiger charge is -2.42. The van der Waals surface area contributed by atoms with Crippen LogP contribution in [0, 0.1) is 5.41 Å². The first-order chi connectivity index (χ1) is 7.52. The summed E-state index contributed by atoms with van der Waals surface area (Å²) in [6.07, 6.45) is 2.08. The van der Waals surface area contributed by atoms with Crippen LogP contribution in [-0.2, 0) is 9.47 Å². The van der Waals surface area contributed by atoms with Crippen molar-refractivity contribution in [2.24, 2.45) is 5.41 Å². The fraction of sp³-hybridized carbons (Fsp3) is 1.00. The highest BCUT2D eigenvalue weighted by atomic mass is 16.5. The van der Waals surface area contributed by atoms with E-state index < -0.39 is 0 Å². The highest BCUT2D eigenvalue weighted by Gasteiger charge is 2.37. The summed E-state index contributed by atoms with van der Waals surface area (Å²) < 4.78 is 11.8. The Kier molecular flexibility index (Phi) is 6.16. The van der Waals surface area contributed by atoms with Crippen molar-refractivity contribution in [3.8, 4) is 0 Å². The highest BCUT2D eigenvalue weighted by Crippen LogP contribution is 2.37. The van der Waals surface area contributed by atoms with Crippen LogP contribution in [0.15, 0.2) is 0 Å². The van der Waals surface area contributed by atoms with Gasteiger partial charge in [-0.05, 0) is 52.9 Å². The van der Waals surface area contributed by atoms with Gasteiger partial charge in [-0.2, -0.15) is 0 Å². The van der Waals surface area contributed by atoms with Gasteiger partial charge in [0, 0.05) is 13.2 Å². The van der Waals surface area contributed by atoms with Crippen LogP contribution in [0.2, 0.25) is 0 Å². The molecule has 0 aliphatic rings. The third kappa shape index (κ3) is 6.42. The van der Waals surface area contributed by atoms with Crippen molar-refractivity contribution < 1.29 is 9.47 Å². The molecule has 0 aromatic heterocycles. The third-order valence-electron chi connectivity index (χ3n) is 3.56. The van der Waals surface area contributed by atoms with E-state index in [0.717, 1.165) is 26.1 Å². The van der Waals surface area contributed by atoms with Gasteiger partial charge in [0.25, 0.3) is 0 Å². The molecule has 0 saturated heterocycles. The van der Waals surface area contributed by atoms with Crippen LogP contribution in [0.4, 0.5) is 0 Å². The molecule has 0 unspecified atom stereocenters. The van der Waals surface area contributed by atoms with E-state index in [2.05, 4.69) is 55.4 Å². The van der Waals surface area contributed by atoms with Gasteiger partial charge in [0.2, 0.25) is 0 Å². The summed E-state index contributed by atoms with van der Waals surface area (Å²) in [5.74, 6) is 0. The Morgan fingerprint density at radius 3 is 1.71 bits per heavy atom. The molecule has 0 spiro atoms. The molecule has 0 aromatic carbocycles. The van der Waals surface area contributed by atoms with Crippen molar-refractivity contribution in [3.63, 3.8) is 0 Å². The topological polar surface area (TPSA) is 18.5 Å². The van der Waals surface area contributed by atoms with Gasteiger partial charge in [0.05, 0.1) is 11.2 Å². The number of hydrogen-bond donors (Lipinski definition) is 0. The standard InChI is InChI=1S/C15H32O2/c1-9-11-17-15(7,8)14(5,6)10-12-16-13(2,3)4/h9-12H2,1-8H3. The third-order valence-corrected chi connectivity index (χ3v) is 3.56. The molecule has 0 N–H and O–H groups in total. The van der Waals surface area contributed by atoms with Crippen molar-refractivity contribution >= 4 is 0 Å². The molecule has 0 heterocycles. The molecule has 0 saturated carbocycles. The molecule has 0 atom stereocenters. The predicted octanol–water partition coefficient (Wildman–Crippen LogP) is 4.42. The molecule has 0 fully saturated rings. The van der Waals surface area contributed by atoms with Crippen LogP contribution in [0.25, 0.3) is 0 Å². The van der Waals surface area contributed by atoms with Gasteiger partial charge in [-0.15, -0.1) is 0 Å². The summed E-state index contributed by atoms with van der Waals surface area (Å²) in [6, 6.07) is 0. The first-order valence-electron chi connectivity index (χ1n) is 6.80. The number of hydrogen-bond acceptors (Lipinski definition) is 2. The summed E-state index contributed by atoms with van der Waals surface area (Å²) >= 11 is 0. The minimum atomic E-state index is -0.107. The lowest BCUT2D eigenvalue weighted by Crippen LogP contribution is -2.43. The van der Waals surface area contributed by atoms with Crippen LogP contribution < -0.4 is 0 Å². The molecule has 0 rings (SSSR count). The molecule has 104 valence electrons. The van der Waals surface area contributed by atoms with Gasteiger partial charge >= 0.3 is 0 Å². The monoisotopic (exact) mass is 244 g/mol. The van der Waals surface area contributed by atoms with E-state index in [1.54, 1.807) is 0 Å². The van der Waals surface area contributed by atoms with Gasteiger partial charge in [-0.25, -0.2) is 0 Å². The van der Waals surface area contributed by atoms with Gasteiger partial charge in [-0.1, -0.05) is 20.8 Å². The Morgan fingerprint density at radius 2 is 1.29 bits per heavy atom. The maximum Gasteiger partial charge on any atom is 0.0678 e. The van der Waals surface area contributed by atoms with Gasteiger partial charge in [0.15, 0.2) is 0 Å². The average molecular weight is 244 g/mol. The summed E-state index contributed by atoms with van der Waals surface area (Å²) in [5.41, 5.74) is -0.0395. The Morgan fingerprint density at radius 1 is 0.765 bits per heavy atom. The lowest BCUT2D eigenvalue weighted by molar-refractivity contribution is -0.114. The molecule has 0 aliphatic heterocycles. The normalized spacial score (nSPS) is 14.1. The molecule has 2 heteroatoms. The molecule has 0 bridgehead atoms. The summed E-state index contributed by atoms with van der Waals surface area (Å²) in [6.45, 7) is 18.9. The maximum atomic E-state index is 5.97. The number of ether oxygens (including phenoxy) is 2. The fourth-order valence-corrected chi connectivity index (χ4v) is 1.47. The van der Waals surface area contributed by atoms with Crippen molar-refractivity contribution in [3.05, 3.63) is 0 Å². The van der Waals surface area contributed by atoms with E-state index in [9.17, 15) is 0 Å². The molecule has 0 amide bonds. The Balaban J connectivity index is 4.25. The second-order valence-electron chi connectivity index (χ2n) is 6.95. The SMILES string of the molecule is CCCOC(C)(C)C(C)(C)CCOC(C)(C)C. The zero-order valence-corrected chi connectivity index (χ0v) is 13.1. The van der Waals surface area contributed by atoms with Crippen molar-refractivity contribution in [2.75, 3.05) is 13.2 Å². The van der Waals surface area contributed by atoms with Crippen molar-refractivity contribution in [1.29, 1.82) is 0 Å². The second kappa shape index (κ2) is 6.19. The second-order valence-corrected chi connectivity index (χ2v) is 6.95. The molecule has 17 heavy (non-hydrogen) atoms. The Hall–Kier alpha value is -0.0800. The summed E-state index contributed by atoms with van der Waals surface area (Å²) in [4.78, 5) is 0.